The molecule has 0 bridgehead atoms. The van der Waals surface area contributed by atoms with Gasteiger partial charge in [-0.25, -0.2) is 4.57 Å². The Morgan fingerprint density at radius 1 is 0.561 bits per heavy atom. The molecule has 0 aliphatic rings. The molecule has 0 radical (unpaired) electrons. The largest absolute Gasteiger partial charge is 0.480 e. The van der Waals surface area contributed by atoms with E-state index in [0.29, 0.717) is 13.0 Å². The second-order valence-corrected chi connectivity index (χ2v) is 14.4. The normalized spacial score (nSPS) is 15.2. The first-order chi connectivity index (χ1) is 27.7. The summed E-state index contributed by atoms with van der Waals surface area (Å²) in [5.41, 5.74) is 5.34. The first-order valence-electron chi connectivity index (χ1n) is 20.6. The lowest BCUT2D eigenvalue weighted by Crippen LogP contribution is -2.34. The highest BCUT2D eigenvalue weighted by molar-refractivity contribution is 7.47. The van der Waals surface area contributed by atoms with Gasteiger partial charge in [-0.15, -0.1) is 0 Å². The first kappa shape index (κ1) is 53.4. The van der Waals surface area contributed by atoms with Gasteiger partial charge in [0.05, 0.1) is 19.8 Å². The average Bonchev–Trinajstić information content (AvgIpc) is 3.19. The van der Waals surface area contributed by atoms with Crippen LogP contribution in [0.1, 0.15) is 117 Å². The third-order valence-electron chi connectivity index (χ3n) is 7.74. The molecule has 0 aliphatic heterocycles. The van der Waals surface area contributed by atoms with Crippen molar-refractivity contribution in [2.24, 2.45) is 5.73 Å². The first-order valence-corrected chi connectivity index (χ1v) is 22.1. The van der Waals surface area contributed by atoms with E-state index in [1.807, 2.05) is 0 Å². The van der Waals surface area contributed by atoms with Gasteiger partial charge in [-0.2, -0.15) is 0 Å². The van der Waals surface area contributed by atoms with Crippen LogP contribution >= 0.6 is 7.82 Å². The van der Waals surface area contributed by atoms with Crippen LogP contribution in [-0.4, -0.2) is 60.5 Å². The van der Waals surface area contributed by atoms with E-state index in [0.717, 1.165) is 89.9 Å². The lowest BCUT2D eigenvalue weighted by atomic mass is 10.2. The molecule has 0 spiro atoms. The number of carbonyl (C=O) groups is 2. The third-order valence-corrected chi connectivity index (χ3v) is 8.69. The number of hydrogen-bond donors (Lipinski definition) is 3. The molecule has 0 aromatic rings. The fourth-order valence-corrected chi connectivity index (χ4v) is 5.39. The molecule has 0 saturated carbocycles. The molecule has 0 saturated heterocycles. The number of phosphoric acid groups is 1. The fraction of sp³-hybridized carbons (Fsp3) is 0.522. The summed E-state index contributed by atoms with van der Waals surface area (Å²) in [6.07, 6.45) is 55.6. The van der Waals surface area contributed by atoms with E-state index in [-0.39, 0.29) is 13.0 Å². The van der Waals surface area contributed by atoms with Gasteiger partial charge < -0.3 is 25.2 Å². The van der Waals surface area contributed by atoms with E-state index in [4.69, 9.17) is 24.8 Å². The molecule has 11 heteroatoms. The lowest BCUT2D eigenvalue weighted by Gasteiger charge is -2.20. The van der Waals surface area contributed by atoms with Gasteiger partial charge in [-0.3, -0.25) is 18.6 Å². The van der Waals surface area contributed by atoms with Crippen LogP contribution in [0.15, 0.2) is 122 Å². The molecule has 0 aromatic carbocycles. The minimum atomic E-state index is -4.65. The zero-order valence-electron chi connectivity index (χ0n) is 34.6. The average molecular weight is 814 g/mol. The lowest BCUT2D eigenvalue weighted by molar-refractivity contribution is -0.154. The summed E-state index contributed by atoms with van der Waals surface area (Å²) >= 11 is 0. The monoisotopic (exact) mass is 813 g/mol. The van der Waals surface area contributed by atoms with Crippen molar-refractivity contribution in [1.82, 2.24) is 0 Å². The Morgan fingerprint density at radius 2 is 0.947 bits per heavy atom. The highest BCUT2D eigenvalue weighted by Gasteiger charge is 2.27. The van der Waals surface area contributed by atoms with Gasteiger partial charge in [-0.1, -0.05) is 135 Å². The van der Waals surface area contributed by atoms with Crippen LogP contribution in [-0.2, 0) is 32.7 Å². The van der Waals surface area contributed by atoms with Gasteiger partial charge in [0, 0.05) is 13.0 Å². The number of carboxylic acids is 1. The maximum absolute atomic E-state index is 12.6. The van der Waals surface area contributed by atoms with E-state index in [1.165, 1.54) is 0 Å². The summed E-state index contributed by atoms with van der Waals surface area (Å²) in [6.45, 7) is 3.40. The fourth-order valence-electron chi connectivity index (χ4n) is 4.61. The summed E-state index contributed by atoms with van der Waals surface area (Å²) < 4.78 is 33.2. The Labute approximate surface area is 344 Å². The number of phosphoric ester groups is 1. The van der Waals surface area contributed by atoms with Crippen molar-refractivity contribution < 1.29 is 42.7 Å². The van der Waals surface area contributed by atoms with Crippen molar-refractivity contribution in [2.75, 3.05) is 26.4 Å². The molecule has 0 fully saturated rings. The van der Waals surface area contributed by atoms with Crippen LogP contribution < -0.4 is 5.73 Å². The van der Waals surface area contributed by atoms with Gasteiger partial charge >= 0.3 is 19.8 Å². The van der Waals surface area contributed by atoms with Crippen molar-refractivity contribution in [3.05, 3.63) is 122 Å². The highest BCUT2D eigenvalue weighted by atomic mass is 31.2. The van der Waals surface area contributed by atoms with Crippen molar-refractivity contribution >= 4 is 19.8 Å². The van der Waals surface area contributed by atoms with Crippen LogP contribution in [0.5, 0.6) is 0 Å². The molecule has 0 aromatic heterocycles. The molecule has 10 nitrogen and oxygen atoms in total. The van der Waals surface area contributed by atoms with Crippen molar-refractivity contribution in [2.45, 2.75) is 129 Å². The van der Waals surface area contributed by atoms with Crippen LogP contribution in [0.2, 0.25) is 0 Å². The molecular weight excluding hydrogens is 741 g/mol. The van der Waals surface area contributed by atoms with Crippen LogP contribution in [0.4, 0.5) is 0 Å². The standard InChI is InChI=1S/C46H72NO9P/c1-3-5-7-9-11-13-15-17-19-20-21-22-23-24-25-26-28-30-32-34-36-38-45(48)56-43(41-54-57(51,52)55-42-44(47)46(49)50)40-53-39-37-35-33-31-29-27-18-16-14-12-10-8-6-4-2/h5-8,11-14,17-19,21-22,24-25,27-28,30-31,33,43-44H,3-4,9-10,15-16,20,23,26,29,32,34-42,47H2,1-2H3,(H,49,50)(H,51,52)/b7-5-,8-6-,13-11-,14-12-,19-17-,22-21-,25-24-,27-18-,30-28-,33-31-. The smallest absolute Gasteiger partial charge is 0.472 e. The molecule has 320 valence electrons. The second kappa shape index (κ2) is 40.6. The summed E-state index contributed by atoms with van der Waals surface area (Å²) in [6, 6.07) is -1.50. The Balaban J connectivity index is 4.47. The van der Waals surface area contributed by atoms with E-state index in [9.17, 15) is 19.0 Å². The number of carboxylic acid groups (broad SMARTS) is 1. The molecule has 4 N–H and O–H groups in total. The number of aliphatic carboxylic acids is 1. The van der Waals surface area contributed by atoms with Gasteiger partial charge in [-0.05, 0) is 96.3 Å². The molecular formula is C46H72NO9P. The van der Waals surface area contributed by atoms with Gasteiger partial charge in [0.25, 0.3) is 0 Å². The number of carbonyl (C=O) groups excluding carboxylic acids is 1. The molecule has 0 rings (SSSR count). The maximum atomic E-state index is 12.6. The topological polar surface area (TPSA) is 155 Å². The number of esters is 1. The zero-order valence-corrected chi connectivity index (χ0v) is 35.5. The number of ether oxygens (including phenoxy) is 2. The minimum absolute atomic E-state index is 0.0485. The summed E-state index contributed by atoms with van der Waals surface area (Å²) in [4.78, 5) is 33.5. The quantitative estimate of drug-likeness (QED) is 0.0239. The Hall–Kier alpha value is -3.63. The number of rotatable bonds is 37. The zero-order chi connectivity index (χ0) is 41.9. The van der Waals surface area contributed by atoms with Gasteiger partial charge in [0.2, 0.25) is 0 Å². The molecule has 57 heavy (non-hydrogen) atoms. The van der Waals surface area contributed by atoms with Crippen molar-refractivity contribution in [1.29, 1.82) is 0 Å². The van der Waals surface area contributed by atoms with Crippen LogP contribution in [0.25, 0.3) is 0 Å². The Kier molecular flexibility index (Phi) is 38.0. The number of unbranched alkanes of at least 4 members (excludes halogenated alkanes) is 3. The Bertz CT molecular complexity index is 1360. The molecule has 3 unspecified atom stereocenters. The highest BCUT2D eigenvalue weighted by Crippen LogP contribution is 2.43. The maximum Gasteiger partial charge on any atom is 0.472 e. The summed E-state index contributed by atoms with van der Waals surface area (Å²) in [7, 11) is -4.65. The van der Waals surface area contributed by atoms with Crippen molar-refractivity contribution in [3.63, 3.8) is 0 Å². The molecule has 0 heterocycles. The van der Waals surface area contributed by atoms with E-state index < -0.39 is 45.1 Å². The minimum Gasteiger partial charge on any atom is -0.480 e. The number of hydrogen-bond acceptors (Lipinski definition) is 8. The van der Waals surface area contributed by atoms with Crippen LogP contribution in [0, 0.1) is 0 Å². The van der Waals surface area contributed by atoms with E-state index in [2.05, 4.69) is 140 Å². The molecule has 0 amide bonds. The Morgan fingerprint density at radius 3 is 1.37 bits per heavy atom. The van der Waals surface area contributed by atoms with Gasteiger partial charge in [0.1, 0.15) is 12.1 Å². The molecule has 0 aliphatic carbocycles. The van der Waals surface area contributed by atoms with E-state index in [1.54, 1.807) is 0 Å². The number of allylic oxidation sites excluding steroid dienone is 20. The second-order valence-electron chi connectivity index (χ2n) is 13.0. The SMILES string of the molecule is CC/C=C\C/C=C\C/C=C\C/C=C\C/C=C\C/C=C\CCCCC(=O)OC(COCCC/C=C\C/C=C\C/C=C\C/C=C\CC)COP(=O)(O)OCC(N)C(=O)O. The van der Waals surface area contributed by atoms with E-state index >= 15 is 0 Å². The summed E-state index contributed by atoms with van der Waals surface area (Å²) in [5.74, 6) is -1.86. The predicted octanol–water partition coefficient (Wildman–Crippen LogP) is 11.3. The summed E-state index contributed by atoms with van der Waals surface area (Å²) in [5, 5.41) is 8.88. The number of nitrogens with two attached hydrogens (primary N) is 1. The van der Waals surface area contributed by atoms with Crippen LogP contribution in [0.3, 0.4) is 0 Å². The predicted molar refractivity (Wildman–Crippen MR) is 235 cm³/mol. The van der Waals surface area contributed by atoms with Crippen molar-refractivity contribution in [3.8, 4) is 0 Å². The molecule has 3 atom stereocenters. The third kappa shape index (κ3) is 40.4. The van der Waals surface area contributed by atoms with Gasteiger partial charge in [0.15, 0.2) is 0 Å².